The minimum Gasteiger partial charge on any atom is -0.486 e. The molecule has 2 aliphatic heterocycles. The highest BCUT2D eigenvalue weighted by atomic mass is 19.1. The van der Waals surface area contributed by atoms with Gasteiger partial charge in [0.25, 0.3) is 0 Å². The van der Waals surface area contributed by atoms with E-state index in [0.29, 0.717) is 49.4 Å². The third-order valence-electron chi connectivity index (χ3n) is 7.29. The first kappa shape index (κ1) is 27.0. The molecule has 2 aliphatic rings. The molecule has 5 rings (SSSR count). The molecule has 0 unspecified atom stereocenters. The van der Waals surface area contributed by atoms with E-state index in [1.54, 1.807) is 25.3 Å². The van der Waals surface area contributed by atoms with E-state index in [0.717, 1.165) is 32.1 Å². The Morgan fingerprint density at radius 3 is 2.54 bits per heavy atom. The lowest BCUT2D eigenvalue weighted by molar-refractivity contribution is 0.200. The third-order valence-corrected chi connectivity index (χ3v) is 7.29. The summed E-state index contributed by atoms with van der Waals surface area (Å²) in [6.07, 6.45) is 2.96. The molecule has 0 amide bonds. The topological polar surface area (TPSA) is 66.0 Å². The van der Waals surface area contributed by atoms with E-state index in [2.05, 4.69) is 39.2 Å². The van der Waals surface area contributed by atoms with Crippen molar-refractivity contribution in [1.82, 2.24) is 14.9 Å². The maximum absolute atomic E-state index is 15.1. The summed E-state index contributed by atoms with van der Waals surface area (Å²) >= 11 is 0. The van der Waals surface area contributed by atoms with E-state index in [-0.39, 0.29) is 28.8 Å². The molecular formula is C28H33F3N6O2. The standard InChI is InChI=1S/C28H33F3N6O2/c1-35(2)20-6-8-36(9-7-20)24-5-4-19(16-21(24)29)33-28-32-17-23(31)26(34-28)18-14-22(30)27-25(15-18)37(10-12-38-3)11-13-39-27/h4-5,14-17,20H,6-13H2,1-3H3,(H,32,33,34). The molecule has 0 bridgehead atoms. The lowest BCUT2D eigenvalue weighted by atomic mass is 10.0. The summed E-state index contributed by atoms with van der Waals surface area (Å²) < 4.78 is 55.6. The first-order valence-electron chi connectivity index (χ1n) is 13.0. The fourth-order valence-corrected chi connectivity index (χ4v) is 5.13. The molecule has 208 valence electrons. The van der Waals surface area contributed by atoms with Gasteiger partial charge >= 0.3 is 0 Å². The van der Waals surface area contributed by atoms with E-state index in [4.69, 9.17) is 9.47 Å². The monoisotopic (exact) mass is 542 g/mol. The quantitative estimate of drug-likeness (QED) is 0.440. The number of nitrogens with one attached hydrogen (secondary N) is 1. The number of methoxy groups -OCH3 is 1. The normalized spacial score (nSPS) is 15.9. The summed E-state index contributed by atoms with van der Waals surface area (Å²) in [6, 6.07) is 8.19. The molecule has 0 radical (unpaired) electrons. The highest BCUT2D eigenvalue weighted by Gasteiger charge is 2.25. The number of nitrogens with zero attached hydrogens (tertiary/aromatic N) is 5. The number of hydrogen-bond donors (Lipinski definition) is 1. The Kier molecular flexibility index (Phi) is 8.08. The van der Waals surface area contributed by atoms with Gasteiger partial charge < -0.3 is 29.5 Å². The van der Waals surface area contributed by atoms with E-state index < -0.39 is 11.6 Å². The second-order valence-electron chi connectivity index (χ2n) is 10.00. The van der Waals surface area contributed by atoms with Crippen molar-refractivity contribution in [1.29, 1.82) is 0 Å². The molecule has 1 fully saturated rings. The van der Waals surface area contributed by atoms with Gasteiger partial charge in [0.1, 0.15) is 18.1 Å². The van der Waals surface area contributed by atoms with E-state index in [9.17, 15) is 8.78 Å². The number of fused-ring (bicyclic) bond motifs is 1. The maximum Gasteiger partial charge on any atom is 0.227 e. The second-order valence-corrected chi connectivity index (χ2v) is 10.00. The van der Waals surface area contributed by atoms with Crippen LogP contribution in [-0.2, 0) is 4.74 Å². The fraction of sp³-hybridized carbons (Fsp3) is 0.429. The van der Waals surface area contributed by atoms with Gasteiger partial charge in [-0.05, 0) is 57.3 Å². The van der Waals surface area contributed by atoms with Gasteiger partial charge in [0, 0.05) is 44.0 Å². The Morgan fingerprint density at radius 1 is 1.03 bits per heavy atom. The summed E-state index contributed by atoms with van der Waals surface area (Å²) in [5.74, 6) is -1.49. The SMILES string of the molecule is COCCN1CCOc2c(F)cc(-c3nc(Nc4ccc(N5CCC(N(C)C)CC5)c(F)c4)ncc3F)cc21. The Balaban J connectivity index is 1.36. The highest BCUT2D eigenvalue weighted by molar-refractivity contribution is 5.73. The van der Waals surface area contributed by atoms with Crippen LogP contribution >= 0.6 is 0 Å². The van der Waals surface area contributed by atoms with Gasteiger partial charge in [0.05, 0.1) is 30.7 Å². The lowest BCUT2D eigenvalue weighted by Crippen LogP contribution is -2.42. The van der Waals surface area contributed by atoms with Crippen LogP contribution in [0.5, 0.6) is 5.75 Å². The largest absolute Gasteiger partial charge is 0.486 e. The predicted molar refractivity (Wildman–Crippen MR) is 146 cm³/mol. The summed E-state index contributed by atoms with van der Waals surface area (Å²) in [6.45, 7) is 3.43. The van der Waals surface area contributed by atoms with Crippen LogP contribution in [0.3, 0.4) is 0 Å². The van der Waals surface area contributed by atoms with Crippen molar-refractivity contribution in [3.63, 3.8) is 0 Å². The summed E-state index contributed by atoms with van der Waals surface area (Å²) in [4.78, 5) is 14.5. The molecule has 2 aromatic carbocycles. The molecule has 0 atom stereocenters. The zero-order valence-electron chi connectivity index (χ0n) is 22.4. The van der Waals surface area contributed by atoms with Crippen molar-refractivity contribution in [2.75, 3.05) is 75.7 Å². The maximum atomic E-state index is 15.1. The Bertz CT molecular complexity index is 1320. The van der Waals surface area contributed by atoms with Crippen LogP contribution < -0.4 is 19.9 Å². The Labute approximate surface area is 226 Å². The molecule has 1 saturated heterocycles. The third kappa shape index (κ3) is 5.89. The van der Waals surface area contributed by atoms with Crippen molar-refractivity contribution >= 4 is 23.0 Å². The van der Waals surface area contributed by atoms with Gasteiger partial charge in [-0.2, -0.15) is 0 Å². The zero-order valence-corrected chi connectivity index (χ0v) is 22.4. The van der Waals surface area contributed by atoms with Crippen molar-refractivity contribution in [3.05, 3.63) is 54.0 Å². The van der Waals surface area contributed by atoms with Crippen LogP contribution in [-0.4, -0.2) is 81.5 Å². The number of ether oxygens (including phenoxy) is 2. The molecule has 1 aromatic heterocycles. The molecular weight excluding hydrogens is 509 g/mol. The fourth-order valence-electron chi connectivity index (χ4n) is 5.13. The van der Waals surface area contributed by atoms with Crippen molar-refractivity contribution in [2.24, 2.45) is 0 Å². The molecule has 39 heavy (non-hydrogen) atoms. The van der Waals surface area contributed by atoms with E-state index in [1.165, 1.54) is 12.1 Å². The zero-order chi connectivity index (χ0) is 27.5. The summed E-state index contributed by atoms with van der Waals surface area (Å²) in [5.41, 5.74) is 1.64. The number of piperidine rings is 1. The van der Waals surface area contributed by atoms with Crippen molar-refractivity contribution < 1.29 is 22.6 Å². The van der Waals surface area contributed by atoms with Gasteiger partial charge in [-0.3, -0.25) is 0 Å². The van der Waals surface area contributed by atoms with E-state index >= 15 is 4.39 Å². The molecule has 1 N–H and O–H groups in total. The second kappa shape index (κ2) is 11.7. The van der Waals surface area contributed by atoms with Crippen LogP contribution in [0.25, 0.3) is 11.3 Å². The van der Waals surface area contributed by atoms with Crippen LogP contribution in [0.4, 0.5) is 36.2 Å². The van der Waals surface area contributed by atoms with Crippen LogP contribution in [0, 0.1) is 17.5 Å². The molecule has 3 heterocycles. The van der Waals surface area contributed by atoms with Crippen molar-refractivity contribution in [2.45, 2.75) is 18.9 Å². The summed E-state index contributed by atoms with van der Waals surface area (Å²) in [7, 11) is 5.73. The average Bonchev–Trinajstić information content (AvgIpc) is 2.93. The predicted octanol–water partition coefficient (Wildman–Crippen LogP) is 4.68. The highest BCUT2D eigenvalue weighted by Crippen LogP contribution is 2.38. The number of halogens is 3. The first-order chi connectivity index (χ1) is 18.8. The number of aromatic nitrogens is 2. The van der Waals surface area contributed by atoms with Gasteiger partial charge in [0.2, 0.25) is 5.95 Å². The summed E-state index contributed by atoms with van der Waals surface area (Å²) in [5, 5.41) is 2.95. The minimum atomic E-state index is -0.706. The number of rotatable bonds is 8. The van der Waals surface area contributed by atoms with Gasteiger partial charge in [-0.25, -0.2) is 23.1 Å². The molecule has 11 heteroatoms. The average molecular weight is 543 g/mol. The lowest BCUT2D eigenvalue weighted by Gasteiger charge is -2.36. The van der Waals surface area contributed by atoms with E-state index in [1.807, 2.05) is 4.90 Å². The Hall–Kier alpha value is -3.57. The smallest absolute Gasteiger partial charge is 0.227 e. The molecule has 0 aliphatic carbocycles. The molecule has 0 spiro atoms. The minimum absolute atomic E-state index is 0.0657. The first-order valence-corrected chi connectivity index (χ1v) is 13.0. The van der Waals surface area contributed by atoms with Gasteiger partial charge in [0.15, 0.2) is 17.4 Å². The number of benzene rings is 2. The van der Waals surface area contributed by atoms with Crippen LogP contribution in [0.15, 0.2) is 36.5 Å². The molecule has 0 saturated carbocycles. The molecule has 8 nitrogen and oxygen atoms in total. The van der Waals surface area contributed by atoms with Gasteiger partial charge in [-0.1, -0.05) is 0 Å². The van der Waals surface area contributed by atoms with Gasteiger partial charge in [-0.15, -0.1) is 0 Å². The van der Waals surface area contributed by atoms with Crippen LogP contribution in [0.2, 0.25) is 0 Å². The number of hydrogen-bond acceptors (Lipinski definition) is 8. The molecule has 3 aromatic rings. The Morgan fingerprint density at radius 2 is 1.82 bits per heavy atom. The number of anilines is 4. The van der Waals surface area contributed by atoms with Crippen LogP contribution in [0.1, 0.15) is 12.8 Å². The van der Waals surface area contributed by atoms with Crippen molar-refractivity contribution in [3.8, 4) is 17.0 Å².